The summed E-state index contributed by atoms with van der Waals surface area (Å²) < 4.78 is 0. The average Bonchev–Trinajstić information content (AvgIpc) is 3.43. The van der Waals surface area contributed by atoms with Crippen LogP contribution in [0.3, 0.4) is 0 Å². The SMILES string of the molecule is C=CC(=O)N(C)C1CCC(=O)N(c2cnccc2-c2ccc(CNC(=O)c3nnn(C(C)(C)C)n3)c(C)c2)C1. The molecule has 2 aromatic heterocycles. The predicted octanol–water partition coefficient (Wildman–Crippen LogP) is 2.87. The number of amides is 3. The second-order valence-corrected chi connectivity index (χ2v) is 10.6. The number of carbonyl (C=O) groups is 3. The van der Waals surface area contributed by atoms with E-state index in [0.717, 1.165) is 22.3 Å². The molecule has 39 heavy (non-hydrogen) atoms. The number of rotatable bonds is 7. The Hall–Kier alpha value is -4.41. The number of nitrogens with zero attached hydrogens (tertiary/aromatic N) is 7. The van der Waals surface area contributed by atoms with E-state index >= 15 is 0 Å². The van der Waals surface area contributed by atoms with E-state index in [-0.39, 0.29) is 29.2 Å². The Morgan fingerprint density at radius 2 is 2.03 bits per heavy atom. The van der Waals surface area contributed by atoms with E-state index in [1.165, 1.54) is 10.9 Å². The van der Waals surface area contributed by atoms with Gasteiger partial charge in [0.05, 0.1) is 23.5 Å². The van der Waals surface area contributed by atoms with Gasteiger partial charge in [0.1, 0.15) is 0 Å². The highest BCUT2D eigenvalue weighted by atomic mass is 16.2. The topological polar surface area (TPSA) is 126 Å². The lowest BCUT2D eigenvalue weighted by Gasteiger charge is -2.37. The first kappa shape index (κ1) is 27.6. The van der Waals surface area contributed by atoms with Crippen molar-refractivity contribution in [3.05, 3.63) is 66.3 Å². The molecule has 1 fully saturated rings. The second kappa shape index (κ2) is 11.1. The molecule has 1 aliphatic rings. The summed E-state index contributed by atoms with van der Waals surface area (Å²) >= 11 is 0. The lowest BCUT2D eigenvalue weighted by atomic mass is 9.97. The number of carbonyl (C=O) groups excluding carboxylic acids is 3. The van der Waals surface area contributed by atoms with Crippen LogP contribution in [0.5, 0.6) is 0 Å². The van der Waals surface area contributed by atoms with Gasteiger partial charge in [-0.1, -0.05) is 24.8 Å². The van der Waals surface area contributed by atoms with Gasteiger partial charge < -0.3 is 15.1 Å². The van der Waals surface area contributed by atoms with Crippen LogP contribution >= 0.6 is 0 Å². The summed E-state index contributed by atoms with van der Waals surface area (Å²) in [6.45, 7) is 12.0. The number of pyridine rings is 1. The Bertz CT molecular complexity index is 1410. The molecular formula is C28H34N8O3. The van der Waals surface area contributed by atoms with Gasteiger partial charge in [0.25, 0.3) is 11.7 Å². The van der Waals surface area contributed by atoms with E-state index < -0.39 is 5.91 Å². The van der Waals surface area contributed by atoms with Crippen molar-refractivity contribution in [2.24, 2.45) is 0 Å². The largest absolute Gasteiger partial charge is 0.345 e. The van der Waals surface area contributed by atoms with Crippen LogP contribution in [0.15, 0.2) is 49.3 Å². The summed E-state index contributed by atoms with van der Waals surface area (Å²) in [4.78, 5) is 46.7. The van der Waals surface area contributed by atoms with Crippen LogP contribution in [0.2, 0.25) is 0 Å². The van der Waals surface area contributed by atoms with E-state index in [1.807, 2.05) is 52.0 Å². The molecule has 1 unspecified atom stereocenters. The Labute approximate surface area is 227 Å². The fourth-order valence-corrected chi connectivity index (χ4v) is 4.45. The minimum atomic E-state index is -0.400. The molecule has 0 radical (unpaired) electrons. The highest BCUT2D eigenvalue weighted by Crippen LogP contribution is 2.34. The molecule has 204 valence electrons. The van der Waals surface area contributed by atoms with Crippen molar-refractivity contribution in [3.8, 4) is 11.1 Å². The maximum absolute atomic E-state index is 12.9. The van der Waals surface area contributed by atoms with Crippen molar-refractivity contribution < 1.29 is 14.4 Å². The van der Waals surface area contributed by atoms with Gasteiger partial charge in [-0.25, -0.2) is 0 Å². The molecule has 1 aromatic carbocycles. The van der Waals surface area contributed by atoms with Gasteiger partial charge >= 0.3 is 0 Å². The Balaban J connectivity index is 1.52. The van der Waals surface area contributed by atoms with Crippen LogP contribution in [0.1, 0.15) is 55.4 Å². The number of aryl methyl sites for hydroxylation is 1. The first-order valence-electron chi connectivity index (χ1n) is 12.8. The maximum Gasteiger partial charge on any atom is 0.293 e. The third-order valence-corrected chi connectivity index (χ3v) is 6.86. The molecule has 3 amide bonds. The van der Waals surface area contributed by atoms with Gasteiger partial charge in [-0.2, -0.15) is 4.80 Å². The summed E-state index contributed by atoms with van der Waals surface area (Å²) in [5.74, 6) is -0.560. The van der Waals surface area contributed by atoms with Gasteiger partial charge in [0.2, 0.25) is 11.8 Å². The normalized spacial score (nSPS) is 15.7. The zero-order valence-corrected chi connectivity index (χ0v) is 23.0. The third-order valence-electron chi connectivity index (χ3n) is 6.86. The van der Waals surface area contributed by atoms with Gasteiger partial charge in [-0.05, 0) is 68.2 Å². The highest BCUT2D eigenvalue weighted by Gasteiger charge is 2.32. The summed E-state index contributed by atoms with van der Waals surface area (Å²) in [5, 5.41) is 14.9. The molecule has 0 spiro atoms. The zero-order valence-electron chi connectivity index (χ0n) is 23.0. The van der Waals surface area contributed by atoms with Crippen LogP contribution in [-0.4, -0.2) is 67.4 Å². The minimum Gasteiger partial charge on any atom is -0.345 e. The van der Waals surface area contributed by atoms with Crippen molar-refractivity contribution in [3.63, 3.8) is 0 Å². The lowest BCUT2D eigenvalue weighted by molar-refractivity contribution is -0.129. The fraction of sp³-hybridized carbons (Fsp3) is 0.393. The number of benzene rings is 1. The number of piperidine rings is 1. The maximum atomic E-state index is 12.9. The lowest BCUT2D eigenvalue weighted by Crippen LogP contribution is -2.50. The average molecular weight is 531 g/mol. The number of likely N-dealkylation sites (N-methyl/N-ethyl adjacent to an activating group) is 1. The molecule has 11 nitrogen and oxygen atoms in total. The molecule has 3 aromatic rings. The predicted molar refractivity (Wildman–Crippen MR) is 147 cm³/mol. The number of hydrogen-bond acceptors (Lipinski definition) is 7. The van der Waals surface area contributed by atoms with Gasteiger partial charge in [-0.15, -0.1) is 10.2 Å². The van der Waals surface area contributed by atoms with Crippen molar-refractivity contribution in [2.45, 2.75) is 58.7 Å². The second-order valence-electron chi connectivity index (χ2n) is 10.6. The van der Waals surface area contributed by atoms with Crippen LogP contribution < -0.4 is 10.2 Å². The molecule has 11 heteroatoms. The summed E-state index contributed by atoms with van der Waals surface area (Å²) in [5.41, 5.74) is 4.01. The quantitative estimate of drug-likeness (QED) is 0.466. The van der Waals surface area contributed by atoms with Gasteiger partial charge in [0, 0.05) is 38.3 Å². The number of aromatic nitrogens is 5. The zero-order chi connectivity index (χ0) is 28.3. The smallest absolute Gasteiger partial charge is 0.293 e. The molecule has 1 aliphatic heterocycles. The van der Waals surface area contributed by atoms with Crippen LogP contribution in [0, 0.1) is 6.92 Å². The Morgan fingerprint density at radius 3 is 2.69 bits per heavy atom. The minimum absolute atomic E-state index is 0.00647. The Morgan fingerprint density at radius 1 is 1.26 bits per heavy atom. The van der Waals surface area contributed by atoms with Crippen LogP contribution in [-0.2, 0) is 21.7 Å². The number of nitrogens with one attached hydrogen (secondary N) is 1. The molecule has 1 atom stereocenters. The molecule has 3 heterocycles. The van der Waals surface area contributed by atoms with E-state index in [4.69, 9.17) is 0 Å². The van der Waals surface area contributed by atoms with Crippen molar-refractivity contribution >= 4 is 23.4 Å². The molecule has 4 rings (SSSR count). The van der Waals surface area contributed by atoms with Crippen molar-refractivity contribution in [2.75, 3.05) is 18.5 Å². The van der Waals surface area contributed by atoms with E-state index in [2.05, 4.69) is 32.3 Å². The van der Waals surface area contributed by atoms with E-state index in [0.29, 0.717) is 31.6 Å². The Kier molecular flexibility index (Phi) is 7.89. The first-order chi connectivity index (χ1) is 18.5. The summed E-state index contributed by atoms with van der Waals surface area (Å²) in [6, 6.07) is 7.69. The molecule has 0 saturated carbocycles. The molecule has 1 saturated heterocycles. The molecule has 1 N–H and O–H groups in total. The van der Waals surface area contributed by atoms with Gasteiger partial charge in [0.15, 0.2) is 0 Å². The van der Waals surface area contributed by atoms with Crippen molar-refractivity contribution in [1.82, 2.24) is 35.4 Å². The van der Waals surface area contributed by atoms with Crippen LogP contribution in [0.4, 0.5) is 5.69 Å². The molecule has 0 aliphatic carbocycles. The summed E-state index contributed by atoms with van der Waals surface area (Å²) in [7, 11) is 1.73. The number of tetrazole rings is 1. The van der Waals surface area contributed by atoms with E-state index in [9.17, 15) is 14.4 Å². The number of hydrogen-bond donors (Lipinski definition) is 1. The van der Waals surface area contributed by atoms with E-state index in [1.54, 1.807) is 29.2 Å². The third kappa shape index (κ3) is 6.02. The fourth-order valence-electron chi connectivity index (χ4n) is 4.45. The van der Waals surface area contributed by atoms with Gasteiger partial charge in [-0.3, -0.25) is 19.4 Å². The van der Waals surface area contributed by atoms with Crippen LogP contribution in [0.25, 0.3) is 11.1 Å². The van der Waals surface area contributed by atoms with Crippen molar-refractivity contribution in [1.29, 1.82) is 0 Å². The monoisotopic (exact) mass is 530 g/mol. The summed E-state index contributed by atoms with van der Waals surface area (Å²) in [6.07, 6.45) is 5.60. The number of anilines is 1. The molecule has 0 bridgehead atoms. The molecular weight excluding hydrogens is 496 g/mol. The standard InChI is InChI=1S/C28H34N8O3/c1-7-24(37)34(6)21-10-11-25(38)35(17-21)23-16-29-13-12-22(23)19-8-9-20(18(2)14-19)15-30-27(39)26-31-33-36(32-26)28(3,4)5/h7-9,12-14,16,21H,1,10-11,15,17H2,2-6H3,(H,30,39). The first-order valence-corrected chi connectivity index (χ1v) is 12.8. The highest BCUT2D eigenvalue weighted by molar-refractivity contribution is 5.98.